The van der Waals surface area contributed by atoms with Gasteiger partial charge >= 0.3 is 6.01 Å². The van der Waals surface area contributed by atoms with Crippen LogP contribution in [0.1, 0.15) is 73.9 Å². The highest BCUT2D eigenvalue weighted by atomic mass is 19.1. The maximum absolute atomic E-state index is 15.6. The number of hydrogen-bond donors (Lipinski definition) is 1. The van der Waals surface area contributed by atoms with Crippen molar-refractivity contribution in [2.24, 2.45) is 0 Å². The van der Waals surface area contributed by atoms with E-state index in [0.29, 0.717) is 57.1 Å². The Morgan fingerprint density at radius 3 is 2.78 bits per heavy atom. The Morgan fingerprint density at radius 1 is 1.16 bits per heavy atom. The van der Waals surface area contributed by atoms with Gasteiger partial charge in [0.1, 0.15) is 30.0 Å². The van der Waals surface area contributed by atoms with Gasteiger partial charge in [-0.05, 0) is 103 Å². The zero-order valence-corrected chi connectivity index (χ0v) is 29.7. The minimum atomic E-state index is -1.10. The molecule has 266 valence electrons. The lowest BCUT2D eigenvalue weighted by atomic mass is 9.84. The first-order chi connectivity index (χ1) is 24.6. The van der Waals surface area contributed by atoms with Crippen LogP contribution in [-0.4, -0.2) is 88.3 Å². The van der Waals surface area contributed by atoms with Crippen molar-refractivity contribution in [3.8, 4) is 28.4 Å². The first-order valence-corrected chi connectivity index (χ1v) is 18.4. The number of rotatable bonds is 7. The molecule has 3 aliphatic heterocycles. The third kappa shape index (κ3) is 5.04. The minimum absolute atomic E-state index is 0.221. The van der Waals surface area contributed by atoms with Crippen molar-refractivity contribution in [3.63, 3.8) is 0 Å². The molecule has 0 amide bonds. The molecule has 2 aromatic carbocycles. The molecule has 0 bridgehead atoms. The zero-order valence-electron chi connectivity index (χ0n) is 29.7. The molecule has 1 N–H and O–H groups in total. The lowest BCUT2D eigenvalue weighted by Gasteiger charge is -2.32. The molecule has 5 aliphatic rings. The molecule has 2 aromatic heterocycles. The second-order valence-corrected chi connectivity index (χ2v) is 15.7. The van der Waals surface area contributed by atoms with E-state index in [2.05, 4.69) is 29.4 Å². The minimum Gasteiger partial charge on any atom is -0.461 e. The molecule has 51 heavy (non-hydrogen) atoms. The summed E-state index contributed by atoms with van der Waals surface area (Å²) in [6, 6.07) is 7.85. The van der Waals surface area contributed by atoms with Gasteiger partial charge in [-0.2, -0.15) is 9.97 Å². The van der Waals surface area contributed by atoms with Gasteiger partial charge in [0, 0.05) is 42.2 Å². The van der Waals surface area contributed by atoms with E-state index in [9.17, 15) is 9.50 Å². The average molecular weight is 694 g/mol. The summed E-state index contributed by atoms with van der Waals surface area (Å²) < 4.78 is 42.6. The van der Waals surface area contributed by atoms with Crippen molar-refractivity contribution >= 4 is 22.7 Å². The van der Waals surface area contributed by atoms with Gasteiger partial charge in [0.25, 0.3) is 0 Å². The van der Waals surface area contributed by atoms with E-state index >= 15 is 4.39 Å². The maximum Gasteiger partial charge on any atom is 0.318 e. The number of aryl methyl sites for hydroxylation is 2. The molecule has 2 aliphatic carbocycles. The highest BCUT2D eigenvalue weighted by Crippen LogP contribution is 2.65. The van der Waals surface area contributed by atoms with Crippen LogP contribution in [0.25, 0.3) is 39.2 Å². The highest BCUT2D eigenvalue weighted by molar-refractivity contribution is 6.05. The summed E-state index contributed by atoms with van der Waals surface area (Å²) in [7, 11) is 0. The normalized spacial score (nSPS) is 26.3. The molecule has 4 fully saturated rings. The number of aliphatic hydroxyl groups is 1. The summed E-state index contributed by atoms with van der Waals surface area (Å²) in [6.45, 7) is 13.2. The fraction of sp³-hybridized carbons (Fsp3) is 0.488. The quantitative estimate of drug-likeness (QED) is 0.223. The monoisotopic (exact) mass is 693 g/mol. The van der Waals surface area contributed by atoms with Crippen LogP contribution >= 0.6 is 0 Å². The van der Waals surface area contributed by atoms with Gasteiger partial charge in [0.2, 0.25) is 0 Å². The van der Waals surface area contributed by atoms with Gasteiger partial charge < -0.3 is 19.5 Å². The summed E-state index contributed by atoms with van der Waals surface area (Å²) in [5.41, 5.74) is 6.36. The number of halogens is 2. The first-order valence-electron chi connectivity index (χ1n) is 18.4. The van der Waals surface area contributed by atoms with Crippen molar-refractivity contribution in [1.29, 1.82) is 0 Å². The Kier molecular flexibility index (Phi) is 7.59. The Balaban J connectivity index is 1.25. The molecule has 0 radical (unpaired) electrons. The molecule has 10 heteroatoms. The number of benzene rings is 2. The van der Waals surface area contributed by atoms with E-state index in [-0.39, 0.29) is 24.0 Å². The Bertz CT molecular complexity index is 2100. The number of β-amino-alcohol motifs (C(OH)–C–C–N with tert-alkyl or cyclic N) is 1. The van der Waals surface area contributed by atoms with E-state index in [1.807, 2.05) is 31.3 Å². The summed E-state index contributed by atoms with van der Waals surface area (Å²) in [6.07, 6.45) is 7.47. The lowest BCUT2D eigenvalue weighted by molar-refractivity contribution is -0.0123. The smallest absolute Gasteiger partial charge is 0.318 e. The molecule has 3 atom stereocenters. The summed E-state index contributed by atoms with van der Waals surface area (Å²) in [5.74, 6) is 0.464. The number of anilines is 1. The molecular formula is C41H45F2N5O3. The highest BCUT2D eigenvalue weighted by Gasteiger charge is 2.57. The van der Waals surface area contributed by atoms with Crippen molar-refractivity contribution < 1.29 is 23.4 Å². The van der Waals surface area contributed by atoms with Crippen LogP contribution in [0.15, 0.2) is 37.0 Å². The number of alkyl halides is 1. The largest absolute Gasteiger partial charge is 0.461 e. The first kappa shape index (κ1) is 32.9. The molecule has 3 saturated heterocycles. The van der Waals surface area contributed by atoms with Gasteiger partial charge in [-0.1, -0.05) is 31.7 Å². The lowest BCUT2D eigenvalue weighted by Crippen LogP contribution is -2.44. The third-order valence-electron chi connectivity index (χ3n) is 12.2. The maximum atomic E-state index is 15.6. The summed E-state index contributed by atoms with van der Waals surface area (Å²) in [4.78, 5) is 19.8. The van der Waals surface area contributed by atoms with E-state index in [4.69, 9.17) is 24.4 Å². The van der Waals surface area contributed by atoms with Crippen LogP contribution in [0.2, 0.25) is 0 Å². The third-order valence-corrected chi connectivity index (χ3v) is 12.2. The van der Waals surface area contributed by atoms with Crippen LogP contribution in [0.4, 0.5) is 14.6 Å². The fourth-order valence-corrected chi connectivity index (χ4v) is 9.78. The van der Waals surface area contributed by atoms with Gasteiger partial charge in [-0.15, -0.1) is 0 Å². The topological polar surface area (TPSA) is 83.8 Å². The van der Waals surface area contributed by atoms with Crippen molar-refractivity contribution in [3.05, 3.63) is 70.8 Å². The number of nitrogens with zero attached hydrogens (tertiary/aromatic N) is 5. The fourth-order valence-electron chi connectivity index (χ4n) is 9.78. The zero-order chi connectivity index (χ0) is 35.3. The second-order valence-electron chi connectivity index (χ2n) is 15.7. The molecule has 1 spiro atoms. The molecule has 1 unspecified atom stereocenters. The average Bonchev–Trinajstić information content (AvgIpc) is 3.69. The second kappa shape index (κ2) is 11.8. The van der Waals surface area contributed by atoms with Gasteiger partial charge in [-0.3, -0.25) is 9.88 Å². The van der Waals surface area contributed by atoms with Gasteiger partial charge in [-0.25, -0.2) is 8.78 Å². The number of pyridine rings is 1. The van der Waals surface area contributed by atoms with Crippen LogP contribution in [0.5, 0.6) is 6.01 Å². The van der Waals surface area contributed by atoms with Crippen LogP contribution < -0.4 is 9.64 Å². The standard InChI is InChI=1S/C41H45F2N5O3/c1-5-27-24(3)18-25-8-9-30(43)28(6-2)31(25)32(27)35-34-29(10-14-44-35)33-36(41(34)12-13-41)45-38(46-37(33)47-16-17-50-22-39(4,49)21-47)51-23-40-11-7-15-48(40)20-26(42)19-40/h5,8-10,14,18,26,49H,1,6-7,11-13,15-17,19-23H2,2-4H3/t26?,39-,40-/m0/s1. The molecule has 9 rings (SSSR count). The van der Waals surface area contributed by atoms with Crippen molar-refractivity contribution in [1.82, 2.24) is 19.9 Å². The molecule has 5 heterocycles. The van der Waals surface area contributed by atoms with E-state index < -0.39 is 17.2 Å². The van der Waals surface area contributed by atoms with Crippen molar-refractivity contribution in [2.45, 2.75) is 82.0 Å². The van der Waals surface area contributed by atoms with Gasteiger partial charge in [0.15, 0.2) is 0 Å². The van der Waals surface area contributed by atoms with Gasteiger partial charge in [0.05, 0.1) is 36.7 Å². The number of hydrogen-bond acceptors (Lipinski definition) is 8. The number of ether oxygens (including phenoxy) is 2. The van der Waals surface area contributed by atoms with E-state index in [0.717, 1.165) is 87.8 Å². The van der Waals surface area contributed by atoms with Crippen molar-refractivity contribution in [2.75, 3.05) is 50.9 Å². The number of aromatic nitrogens is 3. The number of fused-ring (bicyclic) bond motifs is 7. The molecular weight excluding hydrogens is 648 g/mol. The Labute approximate surface area is 297 Å². The molecule has 4 aromatic rings. The SMILES string of the molecule is C=Cc1c(C)cc2ccc(F)c(CC)c2c1-c1nccc2c1C1(CC1)c1nc(OC[C@@]34CCCN3CC(F)C4)nc(N3CCOC[C@@](C)(O)C3)c1-2. The predicted octanol–water partition coefficient (Wildman–Crippen LogP) is 6.95. The molecule has 8 nitrogen and oxygen atoms in total. The summed E-state index contributed by atoms with van der Waals surface area (Å²) in [5, 5.41) is 13.1. The van der Waals surface area contributed by atoms with E-state index in [1.54, 1.807) is 13.0 Å². The van der Waals surface area contributed by atoms with Crippen LogP contribution in [-0.2, 0) is 16.6 Å². The molecule has 1 saturated carbocycles. The van der Waals surface area contributed by atoms with Crippen LogP contribution in [0, 0.1) is 12.7 Å². The Hall–Kier alpha value is -3.99. The Morgan fingerprint density at radius 2 is 2.00 bits per heavy atom. The predicted molar refractivity (Wildman–Crippen MR) is 195 cm³/mol. The summed E-state index contributed by atoms with van der Waals surface area (Å²) >= 11 is 0. The van der Waals surface area contributed by atoms with Crippen LogP contribution in [0.3, 0.4) is 0 Å². The van der Waals surface area contributed by atoms with E-state index in [1.165, 1.54) is 0 Å².